The van der Waals surface area contributed by atoms with Gasteiger partial charge in [0, 0.05) is 0 Å². The second-order valence-electron chi connectivity index (χ2n) is 5.26. The van der Waals surface area contributed by atoms with E-state index in [0.29, 0.717) is 11.8 Å². The lowest BCUT2D eigenvalue weighted by molar-refractivity contribution is 0.491. The predicted octanol–water partition coefficient (Wildman–Crippen LogP) is 5.48. The van der Waals surface area contributed by atoms with Gasteiger partial charge in [-0.05, 0) is 49.7 Å². The summed E-state index contributed by atoms with van der Waals surface area (Å²) in [7, 11) is 0. The molecule has 2 unspecified atom stereocenters. The lowest BCUT2D eigenvalue weighted by Crippen LogP contribution is -2.07. The van der Waals surface area contributed by atoms with Crippen molar-refractivity contribution in [3.8, 4) is 0 Å². The van der Waals surface area contributed by atoms with E-state index in [1.807, 2.05) is 0 Å². The second-order valence-corrected chi connectivity index (χ2v) is 5.26. The molecule has 0 saturated carbocycles. The van der Waals surface area contributed by atoms with Crippen LogP contribution in [0.5, 0.6) is 0 Å². The van der Waals surface area contributed by atoms with Gasteiger partial charge in [-0.2, -0.15) is 0 Å². The van der Waals surface area contributed by atoms with E-state index in [9.17, 15) is 0 Å². The Kier molecular flexibility index (Phi) is 5.47. The third-order valence-electron chi connectivity index (χ3n) is 3.93. The van der Waals surface area contributed by atoms with E-state index in [-0.39, 0.29) is 0 Å². The largest absolute Gasteiger partial charge is 0.0853 e. The van der Waals surface area contributed by atoms with Crippen molar-refractivity contribution in [2.45, 2.75) is 53.4 Å². The molecule has 0 aliphatic rings. The Balaban J connectivity index is 2.70. The summed E-state index contributed by atoms with van der Waals surface area (Å²) in [6.07, 6.45) is 4.76. The van der Waals surface area contributed by atoms with Crippen LogP contribution < -0.4 is 0 Å². The molecule has 0 nitrogen and oxygen atoms in total. The number of benzene rings is 1. The van der Waals surface area contributed by atoms with Crippen LogP contribution in [-0.2, 0) is 0 Å². The number of allylic oxidation sites excluding steroid dienone is 2. The van der Waals surface area contributed by atoms with Crippen LogP contribution in [0.25, 0.3) is 0 Å². The van der Waals surface area contributed by atoms with Crippen molar-refractivity contribution in [1.29, 1.82) is 0 Å². The van der Waals surface area contributed by atoms with E-state index in [1.165, 1.54) is 29.5 Å². The maximum Gasteiger partial charge on any atom is -0.0159 e. The van der Waals surface area contributed by atoms with Crippen LogP contribution in [0.2, 0.25) is 0 Å². The predicted molar refractivity (Wildman–Crippen MR) is 77.4 cm³/mol. The number of rotatable bonds is 5. The van der Waals surface area contributed by atoms with Crippen LogP contribution in [-0.4, -0.2) is 0 Å². The Bertz CT molecular complexity index is 373. The summed E-state index contributed by atoms with van der Waals surface area (Å²) in [4.78, 5) is 0. The molecule has 0 radical (unpaired) electrons. The third-order valence-corrected chi connectivity index (χ3v) is 3.93. The van der Waals surface area contributed by atoms with Crippen LogP contribution in [0.3, 0.4) is 0 Å². The van der Waals surface area contributed by atoms with Gasteiger partial charge in [-0.25, -0.2) is 0 Å². The maximum atomic E-state index is 2.40. The highest BCUT2D eigenvalue weighted by molar-refractivity contribution is 5.29. The zero-order valence-electron chi connectivity index (χ0n) is 12.0. The molecule has 0 saturated heterocycles. The van der Waals surface area contributed by atoms with E-state index in [2.05, 4.69) is 65.0 Å². The Morgan fingerprint density at radius 1 is 1.24 bits per heavy atom. The first-order valence-corrected chi connectivity index (χ1v) is 6.77. The van der Waals surface area contributed by atoms with Crippen molar-refractivity contribution in [1.82, 2.24) is 0 Å². The number of hydrogen-bond donors (Lipinski definition) is 0. The lowest BCUT2D eigenvalue weighted by atomic mass is 9.84. The Morgan fingerprint density at radius 2 is 1.88 bits per heavy atom. The molecule has 0 fully saturated rings. The van der Waals surface area contributed by atoms with Crippen LogP contribution in [0.15, 0.2) is 35.9 Å². The molecule has 1 aromatic rings. The average Bonchev–Trinajstić information content (AvgIpc) is 2.35. The maximum absolute atomic E-state index is 2.40. The van der Waals surface area contributed by atoms with E-state index in [0.717, 1.165) is 0 Å². The zero-order chi connectivity index (χ0) is 12.8. The highest BCUT2D eigenvalue weighted by Crippen LogP contribution is 2.29. The smallest absolute Gasteiger partial charge is 0.0159 e. The van der Waals surface area contributed by atoms with Gasteiger partial charge < -0.3 is 0 Å². The molecular weight excluding hydrogens is 204 g/mol. The molecule has 2 atom stereocenters. The van der Waals surface area contributed by atoms with Gasteiger partial charge in [-0.3, -0.25) is 0 Å². The van der Waals surface area contributed by atoms with Gasteiger partial charge in [0.2, 0.25) is 0 Å². The average molecular weight is 230 g/mol. The second kappa shape index (κ2) is 6.64. The molecule has 0 aliphatic carbocycles. The summed E-state index contributed by atoms with van der Waals surface area (Å²) in [5.41, 5.74) is 4.43. The molecule has 17 heavy (non-hydrogen) atoms. The molecular formula is C17H26. The quantitative estimate of drug-likeness (QED) is 0.587. The molecule has 0 spiro atoms. The molecule has 1 aromatic carbocycles. The van der Waals surface area contributed by atoms with Crippen molar-refractivity contribution in [3.63, 3.8) is 0 Å². The van der Waals surface area contributed by atoms with Crippen LogP contribution in [0.4, 0.5) is 0 Å². The third kappa shape index (κ3) is 4.03. The molecule has 0 N–H and O–H groups in total. The molecule has 0 heterocycles. The minimum atomic E-state index is 0.636. The summed E-state index contributed by atoms with van der Waals surface area (Å²) < 4.78 is 0. The first kappa shape index (κ1) is 14.0. The van der Waals surface area contributed by atoms with Crippen molar-refractivity contribution in [2.24, 2.45) is 5.92 Å². The van der Waals surface area contributed by atoms with Crippen LogP contribution >= 0.6 is 0 Å². The fourth-order valence-corrected chi connectivity index (χ4v) is 2.14. The molecule has 0 aromatic heterocycles. The highest BCUT2D eigenvalue weighted by atomic mass is 14.2. The SMILES string of the molecule is CCC(C)=CCC(C)C(C)c1ccccc1C. The van der Waals surface area contributed by atoms with E-state index < -0.39 is 0 Å². The fraction of sp³-hybridized carbons (Fsp3) is 0.529. The Labute approximate surface area is 107 Å². The Hall–Kier alpha value is -1.04. The van der Waals surface area contributed by atoms with Gasteiger partial charge in [0.15, 0.2) is 0 Å². The van der Waals surface area contributed by atoms with E-state index >= 15 is 0 Å². The first-order chi connectivity index (χ1) is 8.06. The molecule has 94 valence electrons. The number of aryl methyl sites for hydroxylation is 1. The summed E-state index contributed by atoms with van der Waals surface area (Å²) in [6.45, 7) is 11.4. The summed E-state index contributed by atoms with van der Waals surface area (Å²) in [5.74, 6) is 1.34. The fourth-order valence-electron chi connectivity index (χ4n) is 2.14. The molecule has 0 aliphatic heterocycles. The van der Waals surface area contributed by atoms with Crippen molar-refractivity contribution in [3.05, 3.63) is 47.0 Å². The van der Waals surface area contributed by atoms with Crippen molar-refractivity contribution in [2.75, 3.05) is 0 Å². The highest BCUT2D eigenvalue weighted by Gasteiger charge is 2.14. The Morgan fingerprint density at radius 3 is 2.47 bits per heavy atom. The molecule has 0 heteroatoms. The number of hydrogen-bond acceptors (Lipinski definition) is 0. The van der Waals surface area contributed by atoms with Crippen LogP contribution in [0.1, 0.15) is 57.6 Å². The zero-order valence-corrected chi connectivity index (χ0v) is 12.0. The molecule has 1 rings (SSSR count). The molecule has 0 amide bonds. The minimum Gasteiger partial charge on any atom is -0.0853 e. The van der Waals surface area contributed by atoms with Gasteiger partial charge in [0.1, 0.15) is 0 Å². The van der Waals surface area contributed by atoms with E-state index in [4.69, 9.17) is 0 Å². The standard InChI is InChI=1S/C17H26/c1-6-13(2)11-12-14(3)16(5)17-10-8-7-9-15(17)4/h7-11,14,16H,6,12H2,1-5H3. The summed E-state index contributed by atoms with van der Waals surface area (Å²) >= 11 is 0. The van der Waals surface area contributed by atoms with Gasteiger partial charge in [-0.1, -0.05) is 56.7 Å². The summed E-state index contributed by atoms with van der Waals surface area (Å²) in [5, 5.41) is 0. The van der Waals surface area contributed by atoms with Gasteiger partial charge in [-0.15, -0.1) is 0 Å². The monoisotopic (exact) mass is 230 g/mol. The van der Waals surface area contributed by atoms with Gasteiger partial charge >= 0.3 is 0 Å². The van der Waals surface area contributed by atoms with Gasteiger partial charge in [0.25, 0.3) is 0 Å². The normalized spacial score (nSPS) is 15.7. The van der Waals surface area contributed by atoms with Crippen LogP contribution in [0, 0.1) is 12.8 Å². The van der Waals surface area contributed by atoms with Crippen molar-refractivity contribution < 1.29 is 0 Å². The first-order valence-electron chi connectivity index (χ1n) is 6.77. The topological polar surface area (TPSA) is 0 Å². The summed E-state index contributed by atoms with van der Waals surface area (Å²) in [6, 6.07) is 8.76. The molecule has 0 bridgehead atoms. The lowest BCUT2D eigenvalue weighted by Gasteiger charge is -2.21. The van der Waals surface area contributed by atoms with Gasteiger partial charge in [0.05, 0.1) is 0 Å². The van der Waals surface area contributed by atoms with Crippen molar-refractivity contribution >= 4 is 0 Å². The van der Waals surface area contributed by atoms with E-state index in [1.54, 1.807) is 0 Å². The minimum absolute atomic E-state index is 0.636.